The van der Waals surface area contributed by atoms with Crippen molar-refractivity contribution in [2.45, 2.75) is 19.8 Å². The molecule has 0 radical (unpaired) electrons. The van der Waals surface area contributed by atoms with Gasteiger partial charge in [0.25, 0.3) is 0 Å². The molecule has 0 fully saturated rings. The summed E-state index contributed by atoms with van der Waals surface area (Å²) in [7, 11) is 0. The maximum atomic E-state index is 12.6. The Hall–Kier alpha value is -1.95. The molecule has 0 saturated heterocycles. The molecule has 2 heteroatoms. The van der Waals surface area contributed by atoms with Gasteiger partial charge in [-0.3, -0.25) is 0 Å². The SMILES string of the molecule is CCCCP(O)(c1ccccc1)(c1ccccc1)c1ccccc1. The molecule has 0 bridgehead atoms. The summed E-state index contributed by atoms with van der Waals surface area (Å²) in [6, 6.07) is 30.8. The minimum atomic E-state index is -3.45. The van der Waals surface area contributed by atoms with Crippen molar-refractivity contribution in [1.29, 1.82) is 0 Å². The van der Waals surface area contributed by atoms with E-state index in [0.29, 0.717) is 0 Å². The van der Waals surface area contributed by atoms with Crippen molar-refractivity contribution in [2.24, 2.45) is 0 Å². The van der Waals surface area contributed by atoms with Crippen LogP contribution in [0.25, 0.3) is 0 Å². The second-order valence-electron chi connectivity index (χ2n) is 6.33. The van der Waals surface area contributed by atoms with Crippen molar-refractivity contribution in [3.8, 4) is 0 Å². The topological polar surface area (TPSA) is 20.2 Å². The van der Waals surface area contributed by atoms with Crippen LogP contribution >= 0.6 is 6.83 Å². The molecule has 1 nitrogen and oxygen atoms in total. The van der Waals surface area contributed by atoms with Crippen molar-refractivity contribution in [3.63, 3.8) is 0 Å². The van der Waals surface area contributed by atoms with Crippen molar-refractivity contribution in [1.82, 2.24) is 0 Å². The average molecular weight is 336 g/mol. The van der Waals surface area contributed by atoms with Gasteiger partial charge in [-0.15, -0.1) is 0 Å². The Bertz CT molecular complexity index is 669. The molecule has 0 amide bonds. The fourth-order valence-corrected chi connectivity index (χ4v) is 8.59. The predicted octanol–water partition coefficient (Wildman–Crippen LogP) is 4.22. The minimum absolute atomic E-state index is 0.778. The molecule has 124 valence electrons. The summed E-state index contributed by atoms with van der Waals surface area (Å²) in [6.45, 7) is -1.27. The van der Waals surface area contributed by atoms with Crippen LogP contribution in [0.5, 0.6) is 0 Å². The number of rotatable bonds is 6. The zero-order chi connectivity index (χ0) is 16.9. The van der Waals surface area contributed by atoms with Crippen LogP contribution in [0.4, 0.5) is 0 Å². The number of hydrogen-bond acceptors (Lipinski definition) is 1. The van der Waals surface area contributed by atoms with Gasteiger partial charge in [-0.2, -0.15) is 0 Å². The van der Waals surface area contributed by atoms with Gasteiger partial charge < -0.3 is 0 Å². The van der Waals surface area contributed by atoms with E-state index >= 15 is 0 Å². The van der Waals surface area contributed by atoms with Crippen LogP contribution < -0.4 is 15.9 Å². The predicted molar refractivity (Wildman–Crippen MR) is 107 cm³/mol. The summed E-state index contributed by atoms with van der Waals surface area (Å²) in [6.07, 6.45) is 2.83. The van der Waals surface area contributed by atoms with E-state index in [1.165, 1.54) is 0 Å². The first kappa shape index (κ1) is 16.9. The molecule has 3 aromatic carbocycles. The van der Waals surface area contributed by atoms with Gasteiger partial charge >= 0.3 is 145 Å². The molecule has 0 unspecified atom stereocenters. The monoisotopic (exact) mass is 336 g/mol. The third-order valence-corrected chi connectivity index (χ3v) is 10.3. The molecule has 0 aliphatic heterocycles. The quantitative estimate of drug-likeness (QED) is 0.668. The number of benzene rings is 3. The van der Waals surface area contributed by atoms with Crippen LogP contribution in [0, 0.1) is 0 Å². The summed E-state index contributed by atoms with van der Waals surface area (Å²) in [5, 5.41) is 3.15. The molecule has 0 atom stereocenters. The van der Waals surface area contributed by atoms with Crippen molar-refractivity contribution in [3.05, 3.63) is 91.0 Å². The molecular weight excluding hydrogens is 311 g/mol. The first-order chi connectivity index (χ1) is 11.7. The molecule has 0 spiro atoms. The molecule has 3 aromatic rings. The Kier molecular flexibility index (Phi) is 4.85. The molecule has 0 aliphatic rings. The van der Waals surface area contributed by atoms with Crippen LogP contribution in [0.2, 0.25) is 0 Å². The van der Waals surface area contributed by atoms with Crippen LogP contribution in [0.3, 0.4) is 0 Å². The van der Waals surface area contributed by atoms with Gasteiger partial charge in [0.15, 0.2) is 0 Å². The summed E-state index contributed by atoms with van der Waals surface area (Å²) < 4.78 is 0. The standard InChI is InChI=1S/C22H25OP/c1-2-3-19-24(23,20-13-7-4-8-14-20,21-15-9-5-10-16-21)22-17-11-6-12-18-22/h4-18,23H,2-3,19H2,1H3. The van der Waals surface area contributed by atoms with E-state index in [1.807, 2.05) is 54.6 Å². The molecule has 3 rings (SSSR count). The van der Waals surface area contributed by atoms with Crippen LogP contribution in [-0.4, -0.2) is 11.1 Å². The molecule has 0 aliphatic carbocycles. The molecule has 0 saturated carbocycles. The van der Waals surface area contributed by atoms with Crippen molar-refractivity contribution in [2.75, 3.05) is 6.16 Å². The normalized spacial score (nSPS) is 13.2. The molecule has 0 aromatic heterocycles. The van der Waals surface area contributed by atoms with Crippen molar-refractivity contribution < 1.29 is 4.89 Å². The molecule has 24 heavy (non-hydrogen) atoms. The Labute approximate surface area is 145 Å². The van der Waals surface area contributed by atoms with E-state index in [1.54, 1.807) is 0 Å². The van der Waals surface area contributed by atoms with Crippen LogP contribution in [0.1, 0.15) is 19.8 Å². The first-order valence-electron chi connectivity index (χ1n) is 8.63. The fraction of sp³-hybridized carbons (Fsp3) is 0.182. The van der Waals surface area contributed by atoms with Crippen LogP contribution in [0.15, 0.2) is 91.0 Å². The van der Waals surface area contributed by atoms with Gasteiger partial charge in [-0.25, -0.2) is 0 Å². The molecule has 0 heterocycles. The first-order valence-corrected chi connectivity index (χ1v) is 11.0. The Morgan fingerprint density at radius 2 is 0.958 bits per heavy atom. The van der Waals surface area contributed by atoms with E-state index in [-0.39, 0.29) is 0 Å². The number of unbranched alkanes of at least 4 members (excludes halogenated alkanes) is 1. The van der Waals surface area contributed by atoms with Gasteiger partial charge in [-0.05, 0) is 0 Å². The third-order valence-electron chi connectivity index (χ3n) is 4.88. The van der Waals surface area contributed by atoms with Gasteiger partial charge in [0.1, 0.15) is 0 Å². The molecular formula is C22H25OP. The van der Waals surface area contributed by atoms with E-state index in [0.717, 1.165) is 34.9 Å². The maximum absolute atomic E-state index is 12.6. The second kappa shape index (κ2) is 6.89. The Balaban J connectivity index is 2.37. The number of hydrogen-bond donors (Lipinski definition) is 1. The van der Waals surface area contributed by atoms with Crippen molar-refractivity contribution >= 4 is 22.7 Å². The second-order valence-corrected chi connectivity index (χ2v) is 10.8. The van der Waals surface area contributed by atoms with E-state index in [2.05, 4.69) is 43.3 Å². The van der Waals surface area contributed by atoms with Gasteiger partial charge in [0, 0.05) is 0 Å². The summed E-state index contributed by atoms with van der Waals surface area (Å²) in [5.74, 6) is 0. The zero-order valence-electron chi connectivity index (χ0n) is 14.2. The van der Waals surface area contributed by atoms with E-state index in [4.69, 9.17) is 0 Å². The van der Waals surface area contributed by atoms with E-state index in [9.17, 15) is 4.89 Å². The summed E-state index contributed by atoms with van der Waals surface area (Å²) in [4.78, 5) is 12.6. The third kappa shape index (κ3) is 2.69. The summed E-state index contributed by atoms with van der Waals surface area (Å²) in [5.41, 5.74) is 0. The van der Waals surface area contributed by atoms with E-state index < -0.39 is 6.83 Å². The Morgan fingerprint density at radius 1 is 0.625 bits per heavy atom. The molecule has 1 N–H and O–H groups in total. The average Bonchev–Trinajstić information content (AvgIpc) is 2.68. The Morgan fingerprint density at radius 3 is 1.25 bits per heavy atom. The zero-order valence-corrected chi connectivity index (χ0v) is 15.1. The van der Waals surface area contributed by atoms with Gasteiger partial charge in [-0.1, -0.05) is 0 Å². The van der Waals surface area contributed by atoms with Gasteiger partial charge in [0.05, 0.1) is 0 Å². The summed E-state index contributed by atoms with van der Waals surface area (Å²) >= 11 is 0. The fourth-order valence-electron chi connectivity index (χ4n) is 3.55. The van der Waals surface area contributed by atoms with Crippen LogP contribution in [-0.2, 0) is 0 Å². The van der Waals surface area contributed by atoms with Gasteiger partial charge in [0.2, 0.25) is 0 Å².